The second kappa shape index (κ2) is 6.17. The van der Waals surface area contributed by atoms with Gasteiger partial charge in [-0.1, -0.05) is 0 Å². The molecule has 0 saturated carbocycles. The molecule has 2 aromatic rings. The van der Waals surface area contributed by atoms with Gasteiger partial charge in [-0.25, -0.2) is 14.8 Å². The first-order chi connectivity index (χ1) is 10.6. The minimum Gasteiger partial charge on any atom is -0.336 e. The summed E-state index contributed by atoms with van der Waals surface area (Å²) in [6, 6.07) is 0.0688. The molecule has 118 valence electrons. The fourth-order valence-electron chi connectivity index (χ4n) is 2.74. The molecule has 3 rings (SSSR count). The summed E-state index contributed by atoms with van der Waals surface area (Å²) in [6.07, 6.45) is 6.99. The summed E-state index contributed by atoms with van der Waals surface area (Å²) >= 11 is 0. The Morgan fingerprint density at radius 3 is 3.05 bits per heavy atom. The predicted octanol–water partition coefficient (Wildman–Crippen LogP) is 0.725. The van der Waals surface area contributed by atoms with E-state index in [0.29, 0.717) is 13.1 Å². The number of rotatable bonds is 3. The van der Waals surface area contributed by atoms with E-state index in [9.17, 15) is 4.79 Å². The third-order valence-electron chi connectivity index (χ3n) is 3.68. The Morgan fingerprint density at radius 2 is 2.32 bits per heavy atom. The molecule has 0 bridgehead atoms. The van der Waals surface area contributed by atoms with Gasteiger partial charge in [0.2, 0.25) is 0 Å². The quantitative estimate of drug-likeness (QED) is 0.906. The van der Waals surface area contributed by atoms with Crippen LogP contribution in [-0.4, -0.2) is 47.8 Å². The lowest BCUT2D eigenvalue weighted by atomic mass is 10.1. The van der Waals surface area contributed by atoms with Gasteiger partial charge < -0.3 is 14.8 Å². The first-order valence-corrected chi connectivity index (χ1v) is 7.49. The molecule has 1 atom stereocenters. The van der Waals surface area contributed by atoms with Crippen molar-refractivity contribution in [3.63, 3.8) is 0 Å². The van der Waals surface area contributed by atoms with Crippen molar-refractivity contribution in [3.8, 4) is 0 Å². The smallest absolute Gasteiger partial charge is 0.318 e. The van der Waals surface area contributed by atoms with Gasteiger partial charge in [-0.05, 0) is 13.8 Å². The molecule has 2 aromatic heterocycles. The molecule has 0 aromatic carbocycles. The van der Waals surface area contributed by atoms with Crippen molar-refractivity contribution in [2.75, 3.05) is 6.54 Å². The highest BCUT2D eigenvalue weighted by molar-refractivity contribution is 5.74. The van der Waals surface area contributed by atoms with Crippen molar-refractivity contribution >= 4 is 6.03 Å². The minimum absolute atomic E-state index is 0.0463. The minimum atomic E-state index is -0.0463. The zero-order chi connectivity index (χ0) is 15.5. The van der Waals surface area contributed by atoms with E-state index >= 15 is 0 Å². The number of aromatic nitrogens is 5. The van der Waals surface area contributed by atoms with Crippen LogP contribution in [0.4, 0.5) is 4.79 Å². The Labute approximate surface area is 129 Å². The van der Waals surface area contributed by atoms with E-state index in [1.807, 2.05) is 29.6 Å². The zero-order valence-corrected chi connectivity index (χ0v) is 12.9. The zero-order valence-electron chi connectivity index (χ0n) is 12.9. The Kier molecular flexibility index (Phi) is 4.08. The molecular formula is C14H21N7O. The number of amides is 2. The Bertz CT molecular complexity index is 619. The molecule has 1 N–H and O–H groups in total. The molecule has 0 radical (unpaired) electrons. The summed E-state index contributed by atoms with van der Waals surface area (Å²) < 4.78 is 3.93. The Hall–Kier alpha value is -2.38. The molecule has 8 nitrogen and oxygen atoms in total. The van der Waals surface area contributed by atoms with Crippen LogP contribution in [0.2, 0.25) is 0 Å². The van der Waals surface area contributed by atoms with Crippen LogP contribution in [0.25, 0.3) is 0 Å². The van der Waals surface area contributed by atoms with Crippen molar-refractivity contribution in [2.24, 2.45) is 5.92 Å². The number of carbonyl (C=O) groups excluding carboxylic acids is 1. The van der Waals surface area contributed by atoms with Crippen LogP contribution in [0, 0.1) is 5.92 Å². The number of hydrogen-bond acceptors (Lipinski definition) is 4. The first kappa shape index (κ1) is 14.6. The van der Waals surface area contributed by atoms with Crippen molar-refractivity contribution in [1.29, 1.82) is 0 Å². The van der Waals surface area contributed by atoms with Crippen molar-refractivity contribution < 1.29 is 4.79 Å². The average molecular weight is 303 g/mol. The molecule has 1 aliphatic rings. The summed E-state index contributed by atoms with van der Waals surface area (Å²) in [5.41, 5.74) is 0. The molecule has 0 saturated heterocycles. The molecule has 8 heteroatoms. The van der Waals surface area contributed by atoms with Crippen molar-refractivity contribution in [1.82, 2.24) is 34.5 Å². The van der Waals surface area contributed by atoms with Gasteiger partial charge in [-0.2, -0.15) is 5.10 Å². The van der Waals surface area contributed by atoms with E-state index in [0.717, 1.165) is 18.9 Å². The van der Waals surface area contributed by atoms with Gasteiger partial charge in [0.25, 0.3) is 0 Å². The fraction of sp³-hybridized carbons (Fsp3) is 0.571. The third-order valence-corrected chi connectivity index (χ3v) is 3.68. The van der Waals surface area contributed by atoms with E-state index in [4.69, 9.17) is 0 Å². The normalized spacial score (nSPS) is 18.1. The van der Waals surface area contributed by atoms with Crippen LogP contribution < -0.4 is 5.32 Å². The van der Waals surface area contributed by atoms with E-state index < -0.39 is 0 Å². The molecule has 0 unspecified atom stereocenters. The van der Waals surface area contributed by atoms with Crippen LogP contribution in [0.5, 0.6) is 0 Å². The molecule has 2 amide bonds. The topological polar surface area (TPSA) is 80.9 Å². The first-order valence-electron chi connectivity index (χ1n) is 7.49. The lowest BCUT2D eigenvalue weighted by Crippen LogP contribution is -2.44. The maximum absolute atomic E-state index is 12.4. The molecular weight excluding hydrogens is 282 g/mol. The van der Waals surface area contributed by atoms with E-state index in [-0.39, 0.29) is 18.0 Å². The van der Waals surface area contributed by atoms with Crippen LogP contribution in [0.15, 0.2) is 25.0 Å². The van der Waals surface area contributed by atoms with Gasteiger partial charge in [-0.15, -0.1) is 0 Å². The molecule has 1 aliphatic heterocycles. The van der Waals surface area contributed by atoms with Gasteiger partial charge in [0.15, 0.2) is 0 Å². The molecule has 22 heavy (non-hydrogen) atoms. The second-order valence-electron chi connectivity index (χ2n) is 5.96. The lowest BCUT2D eigenvalue weighted by molar-refractivity contribution is 0.179. The number of carbonyl (C=O) groups is 1. The van der Waals surface area contributed by atoms with E-state index in [1.54, 1.807) is 12.5 Å². The summed E-state index contributed by atoms with van der Waals surface area (Å²) in [5, 5.41) is 7.12. The van der Waals surface area contributed by atoms with Crippen LogP contribution in [-0.2, 0) is 19.6 Å². The molecule has 0 fully saturated rings. The van der Waals surface area contributed by atoms with Gasteiger partial charge in [0.05, 0.1) is 6.54 Å². The number of imidazole rings is 1. The third kappa shape index (κ3) is 3.26. The SMILES string of the molecule is CC(C)NC(=O)N1Cc2nccn2C[C@@H](Cn2cncn2)C1. The van der Waals surface area contributed by atoms with Crippen LogP contribution in [0.3, 0.4) is 0 Å². The number of fused-ring (bicyclic) bond motifs is 1. The van der Waals surface area contributed by atoms with Crippen molar-refractivity contribution in [3.05, 3.63) is 30.9 Å². The predicted molar refractivity (Wildman–Crippen MR) is 79.8 cm³/mol. The van der Waals surface area contributed by atoms with Gasteiger partial charge in [0.1, 0.15) is 18.5 Å². The molecule has 3 heterocycles. The Morgan fingerprint density at radius 1 is 1.45 bits per heavy atom. The Balaban J connectivity index is 1.78. The summed E-state index contributed by atoms with van der Waals surface area (Å²) in [4.78, 5) is 22.6. The monoisotopic (exact) mass is 303 g/mol. The maximum atomic E-state index is 12.4. The lowest BCUT2D eigenvalue weighted by Gasteiger charge is -2.25. The molecule has 0 spiro atoms. The highest BCUT2D eigenvalue weighted by atomic mass is 16.2. The number of hydrogen-bond donors (Lipinski definition) is 1. The van der Waals surface area contributed by atoms with Crippen LogP contribution in [0.1, 0.15) is 19.7 Å². The average Bonchev–Trinajstić information content (AvgIpc) is 3.07. The summed E-state index contributed by atoms with van der Waals surface area (Å²) in [6.45, 7) is 6.66. The van der Waals surface area contributed by atoms with Crippen molar-refractivity contribution in [2.45, 2.75) is 39.5 Å². The van der Waals surface area contributed by atoms with E-state index in [2.05, 4.69) is 25.0 Å². The maximum Gasteiger partial charge on any atom is 0.318 e. The largest absolute Gasteiger partial charge is 0.336 e. The highest BCUT2D eigenvalue weighted by Crippen LogP contribution is 2.17. The second-order valence-corrected chi connectivity index (χ2v) is 5.96. The number of urea groups is 1. The number of nitrogens with zero attached hydrogens (tertiary/aromatic N) is 6. The van der Waals surface area contributed by atoms with Crippen LogP contribution >= 0.6 is 0 Å². The fourth-order valence-corrected chi connectivity index (χ4v) is 2.74. The standard InChI is InChI=1S/C14H21N7O/c1-11(2)18-14(22)20-6-12(7-21-10-15-9-17-21)5-19-4-3-16-13(19)8-20/h3-4,9-12H,5-8H2,1-2H3,(H,18,22)/t12-/m1/s1. The number of nitrogens with one attached hydrogen (secondary N) is 1. The highest BCUT2D eigenvalue weighted by Gasteiger charge is 2.26. The van der Waals surface area contributed by atoms with Gasteiger partial charge >= 0.3 is 6.03 Å². The van der Waals surface area contributed by atoms with Gasteiger partial charge in [-0.3, -0.25) is 4.68 Å². The van der Waals surface area contributed by atoms with Gasteiger partial charge in [0, 0.05) is 44.0 Å². The molecule has 0 aliphatic carbocycles. The summed E-state index contributed by atoms with van der Waals surface area (Å²) in [5.74, 6) is 1.18. The van der Waals surface area contributed by atoms with E-state index in [1.165, 1.54) is 6.33 Å². The summed E-state index contributed by atoms with van der Waals surface area (Å²) in [7, 11) is 0.